The van der Waals surface area contributed by atoms with E-state index in [0.29, 0.717) is 6.41 Å². The van der Waals surface area contributed by atoms with Gasteiger partial charge >= 0.3 is 5.97 Å². The molecule has 0 aliphatic carbocycles. The van der Waals surface area contributed by atoms with Gasteiger partial charge in [0.15, 0.2) is 15.2 Å². The molecule has 2 aliphatic rings. The first-order valence-corrected chi connectivity index (χ1v) is 14.8. The van der Waals surface area contributed by atoms with Gasteiger partial charge in [-0.3, -0.25) is 19.2 Å². The molecule has 16 heteroatoms. The largest absolute Gasteiger partial charge is 0.481 e. The molecule has 2 aliphatic heterocycles. The van der Waals surface area contributed by atoms with Gasteiger partial charge in [0.05, 0.1) is 10.2 Å². The SMILES string of the molecule is CON=C(C(=O)NC1C(=O)N2CC(CSc3nc4ccccc4s3)(C(=O)O)CS[C@H]12)c1csc(NC=O)n1. The molecule has 3 N–H and O–H groups in total. The molecule has 198 valence electrons. The summed E-state index contributed by atoms with van der Waals surface area (Å²) >= 11 is 5.30. The molecule has 2 fully saturated rings. The summed E-state index contributed by atoms with van der Waals surface area (Å²) in [6, 6.07) is 6.87. The normalized spacial score (nSPS) is 22.9. The Bertz CT molecular complexity index is 1410. The number of β-lactam (4-membered cyclic amide) rings is 1. The number of carbonyl (C=O) groups is 4. The topological polar surface area (TPSA) is 163 Å². The highest BCUT2D eigenvalue weighted by molar-refractivity contribution is 8.01. The van der Waals surface area contributed by atoms with E-state index in [1.807, 2.05) is 24.3 Å². The second-order valence-corrected chi connectivity index (χ2v) is 12.6. The Morgan fingerprint density at radius 1 is 1.37 bits per heavy atom. The van der Waals surface area contributed by atoms with Crippen molar-refractivity contribution >= 4 is 91.5 Å². The molecule has 0 saturated carbocycles. The van der Waals surface area contributed by atoms with Crippen LogP contribution < -0.4 is 10.6 Å². The maximum absolute atomic E-state index is 13.0. The molecule has 12 nitrogen and oxygen atoms in total. The number of oxime groups is 1. The number of hydrogen-bond acceptors (Lipinski definition) is 12. The van der Waals surface area contributed by atoms with Gasteiger partial charge in [0.1, 0.15) is 29.6 Å². The first-order valence-electron chi connectivity index (χ1n) is 11.1. The van der Waals surface area contributed by atoms with Gasteiger partial charge < -0.3 is 25.5 Å². The van der Waals surface area contributed by atoms with Crippen molar-refractivity contribution in [2.75, 3.05) is 30.5 Å². The number of thioether (sulfide) groups is 2. The van der Waals surface area contributed by atoms with Crippen LogP contribution in [0.1, 0.15) is 5.69 Å². The van der Waals surface area contributed by atoms with Crippen LogP contribution >= 0.6 is 46.2 Å². The lowest BCUT2D eigenvalue weighted by Gasteiger charge is -2.53. The Kier molecular flexibility index (Phi) is 7.56. The number of carboxylic acids is 1. The van der Waals surface area contributed by atoms with Gasteiger partial charge in [0.2, 0.25) is 12.3 Å². The zero-order valence-corrected chi connectivity index (χ0v) is 22.9. The fraction of sp³-hybridized carbons (Fsp3) is 0.318. The Morgan fingerprint density at radius 2 is 2.18 bits per heavy atom. The molecule has 0 spiro atoms. The summed E-state index contributed by atoms with van der Waals surface area (Å²) < 4.78 is 1.80. The third-order valence-corrected chi connectivity index (χ3v) is 10.8. The number of amides is 3. The lowest BCUT2D eigenvalue weighted by molar-refractivity contribution is -0.157. The molecular formula is C22H20N6O6S4. The van der Waals surface area contributed by atoms with E-state index in [1.165, 1.54) is 52.3 Å². The second-order valence-electron chi connectivity index (χ2n) is 8.36. The van der Waals surface area contributed by atoms with E-state index in [9.17, 15) is 24.3 Å². The molecule has 3 amide bonds. The molecular weight excluding hydrogens is 573 g/mol. The van der Waals surface area contributed by atoms with E-state index < -0.39 is 28.7 Å². The Morgan fingerprint density at radius 3 is 2.92 bits per heavy atom. The zero-order chi connectivity index (χ0) is 26.9. The van der Waals surface area contributed by atoms with Crippen LogP contribution in [0.5, 0.6) is 0 Å². The number of benzene rings is 1. The van der Waals surface area contributed by atoms with E-state index >= 15 is 0 Å². The minimum Gasteiger partial charge on any atom is -0.481 e. The highest BCUT2D eigenvalue weighted by Crippen LogP contribution is 2.45. The van der Waals surface area contributed by atoms with Crippen molar-refractivity contribution < 1.29 is 29.1 Å². The molecule has 2 unspecified atom stereocenters. The van der Waals surface area contributed by atoms with Gasteiger partial charge in [-0.15, -0.1) is 34.4 Å². The summed E-state index contributed by atoms with van der Waals surface area (Å²) in [5, 5.41) is 20.3. The second kappa shape index (κ2) is 10.9. The highest BCUT2D eigenvalue weighted by atomic mass is 32.2. The average molecular weight is 593 g/mol. The number of carboxylic acid groups (broad SMARTS) is 1. The van der Waals surface area contributed by atoms with Crippen molar-refractivity contribution in [1.29, 1.82) is 0 Å². The molecule has 3 atom stereocenters. The maximum atomic E-state index is 13.0. The summed E-state index contributed by atoms with van der Waals surface area (Å²) in [5.74, 6) is -1.49. The Balaban J connectivity index is 1.24. The standard InChI is InChI=1S/C22H20N6O6S4/c1-34-27-14(12-6-35-20(24-12)23-10-29)16(30)26-15-17(31)28-7-22(19(32)33,8-36-18(15)28)9-37-21-25-11-4-2-3-5-13(11)38-21/h2-6,10,15,18H,7-9H2,1H3,(H,26,30)(H,32,33)(H,23,24,29)/t15?,18-,22?/m1/s1. The molecule has 2 saturated heterocycles. The monoisotopic (exact) mass is 592 g/mol. The summed E-state index contributed by atoms with van der Waals surface area (Å²) in [5.41, 5.74) is -0.263. The van der Waals surface area contributed by atoms with Crippen molar-refractivity contribution in [3.63, 3.8) is 0 Å². The van der Waals surface area contributed by atoms with Crippen molar-refractivity contribution in [1.82, 2.24) is 20.2 Å². The van der Waals surface area contributed by atoms with Gasteiger partial charge in [-0.1, -0.05) is 29.1 Å². The Hall–Kier alpha value is -3.21. The van der Waals surface area contributed by atoms with E-state index in [0.717, 1.165) is 25.9 Å². The number of nitrogens with one attached hydrogen (secondary N) is 2. The molecule has 2 aromatic heterocycles. The van der Waals surface area contributed by atoms with Crippen LogP contribution in [0.25, 0.3) is 10.2 Å². The average Bonchev–Trinajstić information content (AvgIpc) is 3.55. The highest BCUT2D eigenvalue weighted by Gasteiger charge is 2.57. The number of anilines is 1. The Labute approximate surface area is 232 Å². The molecule has 3 aromatic rings. The van der Waals surface area contributed by atoms with Crippen LogP contribution in [0, 0.1) is 5.41 Å². The van der Waals surface area contributed by atoms with Crippen LogP contribution in [-0.2, 0) is 24.0 Å². The number of hydrogen-bond donors (Lipinski definition) is 3. The first-order chi connectivity index (χ1) is 18.3. The first kappa shape index (κ1) is 26.4. The van der Waals surface area contributed by atoms with Crippen LogP contribution in [0.15, 0.2) is 39.1 Å². The molecule has 5 rings (SSSR count). The number of carbonyl (C=O) groups excluding carboxylic acids is 3. The number of aromatic nitrogens is 2. The number of nitrogens with zero attached hydrogens (tertiary/aromatic N) is 4. The number of thiazole rings is 2. The number of para-hydroxylation sites is 1. The zero-order valence-electron chi connectivity index (χ0n) is 19.7. The van der Waals surface area contributed by atoms with Gasteiger partial charge in [-0.05, 0) is 12.1 Å². The van der Waals surface area contributed by atoms with Gasteiger partial charge in [0, 0.05) is 23.4 Å². The smallest absolute Gasteiger partial charge is 0.313 e. The maximum Gasteiger partial charge on any atom is 0.313 e. The van der Waals surface area contributed by atoms with Crippen LogP contribution in [-0.4, -0.2) is 86.5 Å². The van der Waals surface area contributed by atoms with Crippen LogP contribution in [0.2, 0.25) is 0 Å². The van der Waals surface area contributed by atoms with E-state index in [-0.39, 0.29) is 40.5 Å². The van der Waals surface area contributed by atoms with Gasteiger partial charge in [-0.2, -0.15) is 0 Å². The minimum atomic E-state index is -1.15. The predicted molar refractivity (Wildman–Crippen MR) is 146 cm³/mol. The van der Waals surface area contributed by atoms with Gasteiger partial charge in [-0.25, -0.2) is 9.97 Å². The third kappa shape index (κ3) is 4.95. The van der Waals surface area contributed by atoms with Crippen molar-refractivity contribution in [3.05, 3.63) is 35.3 Å². The van der Waals surface area contributed by atoms with Crippen molar-refractivity contribution in [2.24, 2.45) is 10.6 Å². The van der Waals surface area contributed by atoms with Crippen LogP contribution in [0.3, 0.4) is 0 Å². The van der Waals surface area contributed by atoms with E-state index in [4.69, 9.17) is 4.84 Å². The molecule has 0 bridgehead atoms. The lowest BCUT2D eigenvalue weighted by atomic mass is 9.89. The fourth-order valence-electron chi connectivity index (χ4n) is 4.02. The number of rotatable bonds is 10. The summed E-state index contributed by atoms with van der Waals surface area (Å²) in [6.45, 7) is 0.0366. The van der Waals surface area contributed by atoms with E-state index in [1.54, 1.807) is 0 Å². The summed E-state index contributed by atoms with van der Waals surface area (Å²) in [4.78, 5) is 63.9. The predicted octanol–water partition coefficient (Wildman–Crippen LogP) is 1.93. The van der Waals surface area contributed by atoms with Crippen molar-refractivity contribution in [2.45, 2.75) is 15.8 Å². The lowest BCUT2D eigenvalue weighted by Crippen LogP contribution is -2.74. The molecule has 0 radical (unpaired) electrons. The van der Waals surface area contributed by atoms with Crippen LogP contribution in [0.4, 0.5) is 5.13 Å². The molecule has 4 heterocycles. The molecule has 38 heavy (non-hydrogen) atoms. The van der Waals surface area contributed by atoms with Crippen molar-refractivity contribution in [3.8, 4) is 0 Å². The number of fused-ring (bicyclic) bond motifs is 2. The quantitative estimate of drug-likeness (QED) is 0.104. The summed E-state index contributed by atoms with van der Waals surface area (Å²) in [7, 11) is 1.27. The summed E-state index contributed by atoms with van der Waals surface area (Å²) in [6.07, 6.45) is 0.465. The van der Waals surface area contributed by atoms with Gasteiger partial charge in [0.25, 0.3) is 5.91 Å². The minimum absolute atomic E-state index is 0.0366. The fourth-order valence-corrected chi connectivity index (χ4v) is 8.61. The third-order valence-electron chi connectivity index (χ3n) is 5.96. The number of aliphatic carboxylic acids is 1. The van der Waals surface area contributed by atoms with E-state index in [2.05, 4.69) is 25.8 Å². The molecule has 1 aromatic carbocycles.